The number of nitrogens with one attached hydrogen (secondary N) is 1. The molecule has 7 heteroatoms. The van der Waals surface area contributed by atoms with E-state index in [0.717, 1.165) is 5.56 Å². The SMILES string of the molecule is CC(=O)Nc1ccc(C(=O)COC(=O)COc2ccc(Cl)c(C)c2)cc1. The number of aryl methyl sites for hydroxylation is 1. The Morgan fingerprint density at radius 3 is 2.35 bits per heavy atom. The summed E-state index contributed by atoms with van der Waals surface area (Å²) in [6.45, 7) is 2.52. The van der Waals surface area contributed by atoms with Gasteiger partial charge in [-0.2, -0.15) is 0 Å². The number of hydrogen-bond donors (Lipinski definition) is 1. The van der Waals surface area contributed by atoms with Gasteiger partial charge in [0.15, 0.2) is 19.0 Å². The molecule has 0 heterocycles. The van der Waals surface area contributed by atoms with E-state index in [4.69, 9.17) is 21.1 Å². The van der Waals surface area contributed by atoms with E-state index in [1.165, 1.54) is 6.92 Å². The van der Waals surface area contributed by atoms with Crippen molar-refractivity contribution in [2.24, 2.45) is 0 Å². The predicted molar refractivity (Wildman–Crippen MR) is 97.7 cm³/mol. The number of ketones is 1. The Kier molecular flexibility index (Phi) is 6.74. The Balaban J connectivity index is 1.79. The molecule has 0 aliphatic heterocycles. The summed E-state index contributed by atoms with van der Waals surface area (Å²) in [6, 6.07) is 11.3. The fraction of sp³-hybridized carbons (Fsp3) is 0.211. The van der Waals surface area contributed by atoms with Crippen LogP contribution in [0.5, 0.6) is 5.75 Å². The van der Waals surface area contributed by atoms with Gasteiger partial charge in [0, 0.05) is 23.2 Å². The molecule has 6 nitrogen and oxygen atoms in total. The molecule has 1 amide bonds. The van der Waals surface area contributed by atoms with Gasteiger partial charge < -0.3 is 14.8 Å². The molecule has 0 radical (unpaired) electrons. The Bertz CT molecular complexity index is 817. The molecular formula is C19H18ClNO5. The number of carbonyl (C=O) groups excluding carboxylic acids is 3. The molecule has 1 N–H and O–H groups in total. The van der Waals surface area contributed by atoms with Crippen LogP contribution in [0.15, 0.2) is 42.5 Å². The van der Waals surface area contributed by atoms with E-state index < -0.39 is 5.97 Å². The molecule has 136 valence electrons. The van der Waals surface area contributed by atoms with Crippen LogP contribution in [-0.2, 0) is 14.3 Å². The molecule has 0 unspecified atom stereocenters. The van der Waals surface area contributed by atoms with Gasteiger partial charge in [0.1, 0.15) is 5.75 Å². The zero-order chi connectivity index (χ0) is 19.1. The summed E-state index contributed by atoms with van der Waals surface area (Å²) < 4.78 is 10.2. The average Bonchev–Trinajstić information content (AvgIpc) is 2.60. The Morgan fingerprint density at radius 2 is 1.73 bits per heavy atom. The lowest BCUT2D eigenvalue weighted by atomic mass is 10.1. The standard InChI is InChI=1S/C19H18ClNO5/c1-12-9-16(7-8-17(12)20)25-11-19(24)26-10-18(23)14-3-5-15(6-4-14)21-13(2)22/h3-9H,10-11H2,1-2H3,(H,21,22). The number of rotatable bonds is 7. The molecule has 2 rings (SSSR count). The quantitative estimate of drug-likeness (QED) is 0.592. The molecule has 0 atom stereocenters. The highest BCUT2D eigenvalue weighted by Crippen LogP contribution is 2.21. The number of hydrogen-bond acceptors (Lipinski definition) is 5. The largest absolute Gasteiger partial charge is 0.482 e. The van der Waals surface area contributed by atoms with Gasteiger partial charge in [-0.25, -0.2) is 4.79 Å². The van der Waals surface area contributed by atoms with E-state index in [-0.39, 0.29) is 24.9 Å². The van der Waals surface area contributed by atoms with E-state index in [1.807, 2.05) is 6.92 Å². The van der Waals surface area contributed by atoms with Gasteiger partial charge in [0.05, 0.1) is 0 Å². The summed E-state index contributed by atoms with van der Waals surface area (Å²) >= 11 is 5.92. The van der Waals surface area contributed by atoms with Crippen molar-refractivity contribution in [2.45, 2.75) is 13.8 Å². The van der Waals surface area contributed by atoms with Gasteiger partial charge in [-0.15, -0.1) is 0 Å². The summed E-state index contributed by atoms with van der Waals surface area (Å²) in [6.07, 6.45) is 0. The van der Waals surface area contributed by atoms with Gasteiger partial charge in [-0.05, 0) is 55.0 Å². The minimum absolute atomic E-state index is 0.200. The molecule has 0 spiro atoms. The van der Waals surface area contributed by atoms with Crippen molar-refractivity contribution in [3.05, 3.63) is 58.6 Å². The minimum atomic E-state index is -0.652. The number of esters is 1. The first-order chi connectivity index (χ1) is 12.3. The fourth-order valence-corrected chi connectivity index (χ4v) is 2.18. The zero-order valence-corrected chi connectivity index (χ0v) is 15.1. The normalized spacial score (nSPS) is 10.1. The predicted octanol–water partition coefficient (Wildman–Crippen LogP) is 3.41. The maximum atomic E-state index is 12.0. The molecule has 0 aliphatic carbocycles. The lowest BCUT2D eigenvalue weighted by Crippen LogP contribution is -2.19. The molecule has 0 aliphatic rings. The Morgan fingerprint density at radius 1 is 1.04 bits per heavy atom. The van der Waals surface area contributed by atoms with Crippen LogP contribution in [0.4, 0.5) is 5.69 Å². The van der Waals surface area contributed by atoms with Crippen LogP contribution >= 0.6 is 11.6 Å². The van der Waals surface area contributed by atoms with Crippen LogP contribution in [-0.4, -0.2) is 30.9 Å². The Labute approximate surface area is 156 Å². The molecule has 0 bridgehead atoms. The third-order valence-electron chi connectivity index (χ3n) is 3.38. The molecule has 0 fully saturated rings. The van der Waals surface area contributed by atoms with E-state index >= 15 is 0 Å². The van der Waals surface area contributed by atoms with Crippen molar-refractivity contribution in [1.29, 1.82) is 0 Å². The molecule has 0 saturated carbocycles. The third-order valence-corrected chi connectivity index (χ3v) is 3.80. The first kappa shape index (κ1) is 19.5. The molecule has 26 heavy (non-hydrogen) atoms. The van der Waals surface area contributed by atoms with Crippen molar-refractivity contribution in [3.8, 4) is 5.75 Å². The second-order valence-corrected chi connectivity index (χ2v) is 5.95. The minimum Gasteiger partial charge on any atom is -0.482 e. The van der Waals surface area contributed by atoms with Gasteiger partial charge in [-0.1, -0.05) is 11.6 Å². The van der Waals surface area contributed by atoms with Gasteiger partial charge in [0.25, 0.3) is 0 Å². The summed E-state index contributed by atoms with van der Waals surface area (Å²) in [7, 11) is 0. The molecule has 2 aromatic rings. The summed E-state index contributed by atoms with van der Waals surface area (Å²) in [5.41, 5.74) is 1.79. The Hall–Kier alpha value is -2.86. The van der Waals surface area contributed by atoms with Crippen LogP contribution < -0.4 is 10.1 Å². The number of ether oxygens (including phenoxy) is 2. The van der Waals surface area contributed by atoms with Crippen LogP contribution in [0.3, 0.4) is 0 Å². The highest BCUT2D eigenvalue weighted by atomic mass is 35.5. The van der Waals surface area contributed by atoms with Crippen molar-refractivity contribution in [1.82, 2.24) is 0 Å². The lowest BCUT2D eigenvalue weighted by molar-refractivity contribution is -0.144. The maximum absolute atomic E-state index is 12.0. The molecule has 0 saturated heterocycles. The maximum Gasteiger partial charge on any atom is 0.344 e. The number of Topliss-reactive ketones (excluding diaryl/α,β-unsaturated/α-hetero) is 1. The topological polar surface area (TPSA) is 81.7 Å². The van der Waals surface area contributed by atoms with Gasteiger partial charge >= 0.3 is 5.97 Å². The number of carbonyl (C=O) groups is 3. The van der Waals surface area contributed by atoms with E-state index in [9.17, 15) is 14.4 Å². The van der Waals surface area contributed by atoms with Crippen LogP contribution in [0, 0.1) is 6.92 Å². The van der Waals surface area contributed by atoms with E-state index in [0.29, 0.717) is 22.0 Å². The molecule has 0 aromatic heterocycles. The van der Waals surface area contributed by atoms with Crippen LogP contribution in [0.25, 0.3) is 0 Å². The summed E-state index contributed by atoms with van der Waals surface area (Å²) in [5.74, 6) is -0.714. The lowest BCUT2D eigenvalue weighted by Gasteiger charge is -2.08. The van der Waals surface area contributed by atoms with Crippen molar-refractivity contribution < 1.29 is 23.9 Å². The van der Waals surface area contributed by atoms with Gasteiger partial charge in [0.2, 0.25) is 5.91 Å². The van der Waals surface area contributed by atoms with E-state index in [1.54, 1.807) is 42.5 Å². The van der Waals surface area contributed by atoms with Crippen LogP contribution in [0.2, 0.25) is 5.02 Å². The van der Waals surface area contributed by atoms with Gasteiger partial charge in [-0.3, -0.25) is 9.59 Å². The smallest absolute Gasteiger partial charge is 0.344 e. The molecular weight excluding hydrogens is 358 g/mol. The van der Waals surface area contributed by atoms with Crippen molar-refractivity contribution >= 4 is 34.9 Å². The fourth-order valence-electron chi connectivity index (χ4n) is 2.06. The number of benzene rings is 2. The highest BCUT2D eigenvalue weighted by Gasteiger charge is 2.11. The summed E-state index contributed by atoms with van der Waals surface area (Å²) in [4.78, 5) is 34.7. The highest BCUT2D eigenvalue weighted by molar-refractivity contribution is 6.31. The summed E-state index contributed by atoms with van der Waals surface area (Å²) in [5, 5.41) is 3.21. The number of anilines is 1. The first-order valence-electron chi connectivity index (χ1n) is 7.80. The monoisotopic (exact) mass is 375 g/mol. The van der Waals surface area contributed by atoms with Crippen molar-refractivity contribution in [2.75, 3.05) is 18.5 Å². The molecule has 2 aromatic carbocycles. The number of amides is 1. The van der Waals surface area contributed by atoms with E-state index in [2.05, 4.69) is 5.32 Å². The average molecular weight is 376 g/mol. The third kappa shape index (κ3) is 5.89. The number of halogens is 1. The zero-order valence-electron chi connectivity index (χ0n) is 14.4. The second-order valence-electron chi connectivity index (χ2n) is 5.54. The van der Waals surface area contributed by atoms with Crippen molar-refractivity contribution in [3.63, 3.8) is 0 Å². The van der Waals surface area contributed by atoms with Crippen LogP contribution in [0.1, 0.15) is 22.8 Å². The second kappa shape index (κ2) is 9.01. The first-order valence-corrected chi connectivity index (χ1v) is 8.18.